The lowest BCUT2D eigenvalue weighted by atomic mass is 9.50. The number of hydrogen-bond donors (Lipinski definition) is 1. The van der Waals surface area contributed by atoms with Crippen molar-refractivity contribution in [2.75, 3.05) is 6.61 Å². The van der Waals surface area contributed by atoms with Gasteiger partial charge in [0.15, 0.2) is 0 Å². The van der Waals surface area contributed by atoms with Crippen molar-refractivity contribution in [2.24, 2.45) is 0 Å². The van der Waals surface area contributed by atoms with Gasteiger partial charge >= 0.3 is 5.97 Å². The van der Waals surface area contributed by atoms with Crippen LogP contribution >= 0.6 is 0 Å². The SMILES string of the molecule is [2H]C(C)(C)N(Cc1ccccc1OCCCCCC(=O)O)C(=O)c1ccc(C23CCC(c4ccccc4)(CC2)CC3)cc1. The number of para-hydroxylation sites is 1. The Hall–Kier alpha value is -3.60. The molecule has 3 aliphatic carbocycles. The van der Waals surface area contributed by atoms with E-state index in [1.807, 2.05) is 36.4 Å². The summed E-state index contributed by atoms with van der Waals surface area (Å²) < 4.78 is 14.9. The summed E-state index contributed by atoms with van der Waals surface area (Å²) in [5.41, 5.74) is 4.79. The van der Waals surface area contributed by atoms with Crippen LogP contribution in [0.5, 0.6) is 5.75 Å². The third-order valence-corrected chi connectivity index (χ3v) is 9.76. The van der Waals surface area contributed by atoms with E-state index in [0.717, 1.165) is 18.4 Å². The summed E-state index contributed by atoms with van der Waals surface area (Å²) >= 11 is 0. The predicted molar refractivity (Wildman–Crippen MR) is 167 cm³/mol. The molecule has 222 valence electrons. The zero-order valence-electron chi connectivity index (χ0n) is 26.1. The van der Waals surface area contributed by atoms with E-state index in [1.54, 1.807) is 18.7 Å². The zero-order valence-corrected chi connectivity index (χ0v) is 25.1. The van der Waals surface area contributed by atoms with E-state index in [9.17, 15) is 9.59 Å². The molecule has 3 fully saturated rings. The van der Waals surface area contributed by atoms with Gasteiger partial charge in [0, 0.05) is 30.1 Å². The number of fused-ring (bicyclic) bond motifs is 3. The lowest BCUT2D eigenvalue weighted by molar-refractivity contribution is -0.137. The molecule has 0 saturated heterocycles. The first kappa shape index (κ1) is 28.5. The number of carbonyl (C=O) groups excluding carboxylic acids is 1. The Labute approximate surface area is 252 Å². The number of carboxylic acids is 1. The minimum Gasteiger partial charge on any atom is -0.493 e. The molecule has 0 radical (unpaired) electrons. The number of ether oxygens (including phenoxy) is 1. The molecule has 5 heteroatoms. The molecule has 3 saturated carbocycles. The Kier molecular flexibility index (Phi) is 8.92. The molecule has 0 heterocycles. The van der Waals surface area contributed by atoms with E-state index in [2.05, 4.69) is 42.5 Å². The summed E-state index contributed by atoms with van der Waals surface area (Å²) in [5.74, 6) is -0.248. The van der Waals surface area contributed by atoms with Crippen molar-refractivity contribution in [3.8, 4) is 5.75 Å². The second-order valence-corrected chi connectivity index (χ2v) is 12.5. The molecular weight excluding hydrogens is 522 g/mol. The van der Waals surface area contributed by atoms with Gasteiger partial charge in [-0.3, -0.25) is 9.59 Å². The first-order valence-electron chi connectivity index (χ1n) is 16.0. The van der Waals surface area contributed by atoms with Crippen LogP contribution in [0.3, 0.4) is 0 Å². The van der Waals surface area contributed by atoms with Crippen molar-refractivity contribution in [1.82, 2.24) is 4.90 Å². The maximum Gasteiger partial charge on any atom is 0.303 e. The molecule has 0 aliphatic heterocycles. The Morgan fingerprint density at radius 3 is 1.98 bits per heavy atom. The van der Waals surface area contributed by atoms with E-state index in [1.165, 1.54) is 49.7 Å². The van der Waals surface area contributed by atoms with Crippen LogP contribution in [0.25, 0.3) is 0 Å². The monoisotopic (exact) mass is 568 g/mol. The van der Waals surface area contributed by atoms with E-state index >= 15 is 0 Å². The summed E-state index contributed by atoms with van der Waals surface area (Å²) in [4.78, 5) is 26.2. The van der Waals surface area contributed by atoms with Crippen molar-refractivity contribution in [2.45, 2.75) is 101 Å². The molecule has 3 aliphatic rings. The minimum atomic E-state index is -1.13. The summed E-state index contributed by atoms with van der Waals surface area (Å²) in [7, 11) is 0. The van der Waals surface area contributed by atoms with E-state index in [-0.39, 0.29) is 24.3 Å². The highest BCUT2D eigenvalue weighted by Gasteiger charge is 2.49. The first-order chi connectivity index (χ1) is 20.6. The van der Waals surface area contributed by atoms with Gasteiger partial charge in [0.25, 0.3) is 5.91 Å². The second kappa shape index (κ2) is 13.1. The minimum absolute atomic E-state index is 0.164. The number of carboxylic acid groups (broad SMARTS) is 1. The molecule has 0 aromatic heterocycles. The molecule has 42 heavy (non-hydrogen) atoms. The molecule has 0 spiro atoms. The molecule has 5 nitrogen and oxygen atoms in total. The number of hydrogen-bond acceptors (Lipinski definition) is 3. The molecule has 1 N–H and O–H groups in total. The number of carbonyl (C=O) groups is 2. The lowest BCUT2D eigenvalue weighted by Gasteiger charge is -2.54. The standard InChI is InChI=1S/C37H45NO4/c1-28(2)38(27-30-11-8-9-14-33(30)42-26-10-4-7-15-34(39)40)35(41)29-16-18-32(19-17-29)37-23-20-36(21-24-37,22-25-37)31-12-5-3-6-13-31/h3,5-6,8-9,11-14,16-19,28H,4,7,10,15,20-27H2,1-2H3,(H,39,40)/i28D. The van der Waals surface area contributed by atoms with Gasteiger partial charge in [-0.05, 0) is 112 Å². The number of rotatable bonds is 13. The van der Waals surface area contributed by atoms with Gasteiger partial charge in [0.05, 0.1) is 7.98 Å². The van der Waals surface area contributed by atoms with Crippen molar-refractivity contribution in [3.63, 3.8) is 0 Å². The number of aliphatic carboxylic acids is 1. The highest BCUT2D eigenvalue weighted by atomic mass is 16.5. The Morgan fingerprint density at radius 1 is 0.810 bits per heavy atom. The van der Waals surface area contributed by atoms with Crippen LogP contribution in [0.1, 0.15) is 106 Å². The van der Waals surface area contributed by atoms with Crippen molar-refractivity contribution in [1.29, 1.82) is 0 Å². The van der Waals surface area contributed by atoms with Gasteiger partial charge in [0.2, 0.25) is 0 Å². The average Bonchev–Trinajstić information content (AvgIpc) is 3.02. The molecule has 3 aromatic carbocycles. The average molecular weight is 569 g/mol. The zero-order chi connectivity index (χ0) is 30.5. The van der Waals surface area contributed by atoms with Gasteiger partial charge in [-0.25, -0.2) is 0 Å². The molecule has 3 aromatic rings. The van der Waals surface area contributed by atoms with Gasteiger partial charge in [0.1, 0.15) is 5.75 Å². The van der Waals surface area contributed by atoms with E-state index in [0.29, 0.717) is 29.8 Å². The van der Waals surface area contributed by atoms with Crippen LogP contribution in [-0.4, -0.2) is 34.5 Å². The summed E-state index contributed by atoms with van der Waals surface area (Å²) in [6.45, 7) is 4.22. The molecule has 0 atom stereocenters. The quantitative estimate of drug-likeness (QED) is 0.211. The Bertz CT molecular complexity index is 1370. The highest BCUT2D eigenvalue weighted by molar-refractivity contribution is 5.94. The fraction of sp³-hybridized carbons (Fsp3) is 0.459. The fourth-order valence-electron chi connectivity index (χ4n) is 7.08. The van der Waals surface area contributed by atoms with Crippen molar-refractivity contribution >= 4 is 11.9 Å². The fourth-order valence-corrected chi connectivity index (χ4v) is 7.08. The third kappa shape index (κ3) is 6.56. The van der Waals surface area contributed by atoms with E-state index < -0.39 is 12.0 Å². The smallest absolute Gasteiger partial charge is 0.303 e. The molecule has 2 bridgehead atoms. The molecule has 6 rings (SSSR count). The molecule has 1 amide bonds. The molecule has 0 unspecified atom stereocenters. The highest BCUT2D eigenvalue weighted by Crippen LogP contribution is 2.58. The third-order valence-electron chi connectivity index (χ3n) is 9.76. The van der Waals surface area contributed by atoms with Crippen LogP contribution in [0.4, 0.5) is 0 Å². The normalized spacial score (nSPS) is 21.9. The van der Waals surface area contributed by atoms with Crippen LogP contribution < -0.4 is 4.74 Å². The van der Waals surface area contributed by atoms with E-state index in [4.69, 9.17) is 11.2 Å². The Morgan fingerprint density at radius 2 is 1.38 bits per heavy atom. The number of benzene rings is 3. The van der Waals surface area contributed by atoms with Gasteiger partial charge in [-0.1, -0.05) is 60.7 Å². The van der Waals surface area contributed by atoms with Gasteiger partial charge < -0.3 is 14.7 Å². The topological polar surface area (TPSA) is 66.8 Å². The summed E-state index contributed by atoms with van der Waals surface area (Å²) in [5, 5.41) is 8.82. The first-order valence-corrected chi connectivity index (χ1v) is 15.5. The van der Waals surface area contributed by atoms with Gasteiger partial charge in [-0.15, -0.1) is 0 Å². The largest absolute Gasteiger partial charge is 0.493 e. The van der Waals surface area contributed by atoms with Crippen LogP contribution in [0, 0.1) is 0 Å². The van der Waals surface area contributed by atoms with Crippen molar-refractivity contribution < 1.29 is 20.8 Å². The van der Waals surface area contributed by atoms with Gasteiger partial charge in [-0.2, -0.15) is 0 Å². The second-order valence-electron chi connectivity index (χ2n) is 12.5. The molecular formula is C37H45NO4. The van der Waals surface area contributed by atoms with Crippen LogP contribution in [0.2, 0.25) is 0 Å². The number of amides is 1. The summed E-state index contributed by atoms with van der Waals surface area (Å²) in [6.07, 6.45) is 9.51. The number of unbranched alkanes of at least 4 members (excludes halogenated alkanes) is 2. The van der Waals surface area contributed by atoms with Crippen molar-refractivity contribution in [3.05, 3.63) is 101 Å². The van der Waals surface area contributed by atoms with Crippen LogP contribution in [0.15, 0.2) is 78.9 Å². The maximum atomic E-state index is 13.9. The predicted octanol–water partition coefficient (Wildman–Crippen LogP) is 8.30. The maximum absolute atomic E-state index is 13.9. The van der Waals surface area contributed by atoms with Crippen LogP contribution in [-0.2, 0) is 22.2 Å². The Balaban J connectivity index is 1.25. The lowest BCUT2D eigenvalue weighted by Crippen LogP contribution is -2.46. The number of nitrogens with zero attached hydrogens (tertiary/aromatic N) is 1. The summed E-state index contributed by atoms with van der Waals surface area (Å²) in [6, 6.07) is 25.8.